The van der Waals surface area contributed by atoms with E-state index in [1.54, 1.807) is 11.3 Å². The summed E-state index contributed by atoms with van der Waals surface area (Å²) in [7, 11) is 0. The summed E-state index contributed by atoms with van der Waals surface area (Å²) in [5.41, 5.74) is 3.64. The molecule has 3 heterocycles. The van der Waals surface area contributed by atoms with Gasteiger partial charge >= 0.3 is 68.9 Å². The Morgan fingerprint density at radius 2 is 1.80 bits per heavy atom. The van der Waals surface area contributed by atoms with Gasteiger partial charge in [-0.05, 0) is 42.5 Å². The number of carbonyl (C=O) groups excluding carboxylic acids is 1. The molecular weight excluding hydrogens is 451 g/mol. The second kappa shape index (κ2) is 9.55. The minimum atomic E-state index is 0. The van der Waals surface area contributed by atoms with Crippen LogP contribution in [0.25, 0.3) is 10.4 Å². The topological polar surface area (TPSA) is 29.5 Å². The number of ether oxygens (including phenoxy) is 1. The standard InChI is InChI=1S/C19H21NO2S.CH3.Cs/c1-13-10-17(23-18(13)19(21)20-8-2-3-9-20)15-6-4-14(5-7-15)16-11-22-12-16;;/h4-7,10,16H,2-3,8-9,11-12H2,1H3;1H3;/q;-1;+1. The maximum absolute atomic E-state index is 12.6. The molecule has 2 aliphatic rings. The van der Waals surface area contributed by atoms with Crippen LogP contribution in [-0.2, 0) is 4.74 Å². The van der Waals surface area contributed by atoms with E-state index in [0.29, 0.717) is 5.92 Å². The van der Waals surface area contributed by atoms with Gasteiger partial charge in [-0.1, -0.05) is 24.3 Å². The molecule has 2 aromatic rings. The van der Waals surface area contributed by atoms with Crippen LogP contribution >= 0.6 is 11.3 Å². The van der Waals surface area contributed by atoms with E-state index in [0.717, 1.165) is 49.6 Å². The Kier molecular flexibility index (Phi) is 8.29. The van der Waals surface area contributed by atoms with Crippen molar-refractivity contribution in [1.82, 2.24) is 4.90 Å². The number of likely N-dealkylation sites (tertiary alicyclic amines) is 1. The molecule has 0 unspecified atom stereocenters. The molecule has 0 N–H and O–H groups in total. The molecule has 1 aromatic heterocycles. The second-order valence-corrected chi connectivity index (χ2v) is 7.53. The monoisotopic (exact) mass is 475 g/mol. The van der Waals surface area contributed by atoms with Gasteiger partial charge in [0, 0.05) is 23.9 Å². The van der Waals surface area contributed by atoms with Crippen molar-refractivity contribution in [2.75, 3.05) is 26.3 Å². The fourth-order valence-electron chi connectivity index (χ4n) is 3.25. The van der Waals surface area contributed by atoms with Gasteiger partial charge in [0.25, 0.3) is 5.91 Å². The average Bonchev–Trinajstić information content (AvgIpc) is 3.15. The molecule has 2 saturated heterocycles. The molecule has 2 aliphatic heterocycles. The first-order chi connectivity index (χ1) is 11.2. The van der Waals surface area contributed by atoms with E-state index < -0.39 is 0 Å². The van der Waals surface area contributed by atoms with Crippen LogP contribution in [-0.4, -0.2) is 37.1 Å². The summed E-state index contributed by atoms with van der Waals surface area (Å²) in [6.07, 6.45) is 2.27. The number of thiophene rings is 1. The third-order valence-corrected chi connectivity index (χ3v) is 6.08. The number of carbonyl (C=O) groups is 1. The molecule has 25 heavy (non-hydrogen) atoms. The zero-order valence-corrected chi connectivity index (χ0v) is 22.5. The van der Waals surface area contributed by atoms with Gasteiger partial charge < -0.3 is 17.1 Å². The summed E-state index contributed by atoms with van der Waals surface area (Å²) in [6.45, 7) is 5.54. The van der Waals surface area contributed by atoms with Gasteiger partial charge in [-0.2, -0.15) is 0 Å². The number of rotatable bonds is 3. The average molecular weight is 475 g/mol. The van der Waals surface area contributed by atoms with Gasteiger partial charge in [0.15, 0.2) is 0 Å². The van der Waals surface area contributed by atoms with Crippen LogP contribution in [0.2, 0.25) is 0 Å². The molecule has 2 fully saturated rings. The van der Waals surface area contributed by atoms with Gasteiger partial charge in [0.1, 0.15) is 0 Å². The summed E-state index contributed by atoms with van der Waals surface area (Å²) in [5.74, 6) is 0.765. The largest absolute Gasteiger partial charge is 1.00 e. The number of aryl methyl sites for hydroxylation is 1. The number of benzene rings is 1. The molecular formula is C20H24CsNO2S. The van der Waals surface area contributed by atoms with Gasteiger partial charge in [0.05, 0.1) is 18.1 Å². The number of nitrogens with zero attached hydrogens (tertiary/aromatic N) is 1. The number of hydrogen-bond acceptors (Lipinski definition) is 3. The van der Waals surface area contributed by atoms with Gasteiger partial charge in [0.2, 0.25) is 0 Å². The Balaban J connectivity index is 0.00000113. The number of amides is 1. The Hall–Kier alpha value is 0.402. The van der Waals surface area contributed by atoms with Crippen molar-refractivity contribution in [3.63, 3.8) is 0 Å². The molecule has 0 aliphatic carbocycles. The van der Waals surface area contributed by atoms with E-state index in [1.165, 1.54) is 16.0 Å². The van der Waals surface area contributed by atoms with Gasteiger partial charge in [-0.25, -0.2) is 0 Å². The molecule has 5 heteroatoms. The first-order valence-corrected chi connectivity index (χ1v) is 9.12. The minimum absolute atomic E-state index is 0. The maximum atomic E-state index is 12.6. The van der Waals surface area contributed by atoms with Crippen molar-refractivity contribution < 1.29 is 78.4 Å². The summed E-state index contributed by atoms with van der Waals surface area (Å²) in [4.78, 5) is 16.7. The SMILES string of the molecule is Cc1cc(-c2ccc(C3COC3)cc2)sc1C(=O)N1CCCC1.[CH3-].[Cs+]. The van der Waals surface area contributed by atoms with Crippen LogP contribution in [0.4, 0.5) is 0 Å². The van der Waals surface area contributed by atoms with E-state index in [9.17, 15) is 4.79 Å². The summed E-state index contributed by atoms with van der Waals surface area (Å²) < 4.78 is 5.26. The Bertz CT molecular complexity index is 716. The normalized spacial score (nSPS) is 16.8. The maximum Gasteiger partial charge on any atom is 1.00 e. The molecule has 0 spiro atoms. The Morgan fingerprint density at radius 1 is 1.16 bits per heavy atom. The molecule has 3 nitrogen and oxygen atoms in total. The Morgan fingerprint density at radius 3 is 2.36 bits per heavy atom. The smallest absolute Gasteiger partial charge is 0.380 e. The molecule has 0 saturated carbocycles. The molecule has 1 aromatic carbocycles. The van der Waals surface area contributed by atoms with Crippen LogP contribution in [0.1, 0.15) is 39.6 Å². The molecule has 0 radical (unpaired) electrons. The minimum Gasteiger partial charge on any atom is -0.380 e. The molecule has 0 atom stereocenters. The van der Waals surface area contributed by atoms with Gasteiger partial charge in [-0.15, -0.1) is 11.3 Å². The van der Waals surface area contributed by atoms with Crippen LogP contribution in [0, 0.1) is 14.4 Å². The van der Waals surface area contributed by atoms with E-state index in [-0.39, 0.29) is 82.2 Å². The number of hydrogen-bond donors (Lipinski definition) is 0. The summed E-state index contributed by atoms with van der Waals surface area (Å²) in [5, 5.41) is 0. The van der Waals surface area contributed by atoms with Crippen molar-refractivity contribution in [2.24, 2.45) is 0 Å². The quantitative estimate of drug-likeness (QED) is 0.631. The van der Waals surface area contributed by atoms with E-state index in [1.807, 2.05) is 11.8 Å². The molecule has 4 rings (SSSR count). The van der Waals surface area contributed by atoms with Crippen molar-refractivity contribution in [3.05, 3.63) is 53.8 Å². The van der Waals surface area contributed by atoms with Gasteiger partial charge in [-0.3, -0.25) is 4.79 Å². The van der Waals surface area contributed by atoms with E-state index in [4.69, 9.17) is 4.74 Å². The Labute approximate surface area is 213 Å². The summed E-state index contributed by atoms with van der Waals surface area (Å²) >= 11 is 1.63. The molecule has 128 valence electrons. The predicted octanol–water partition coefficient (Wildman–Crippen LogP) is 1.53. The fourth-order valence-corrected chi connectivity index (χ4v) is 4.39. The molecule has 0 bridgehead atoms. The van der Waals surface area contributed by atoms with Crippen LogP contribution < -0.4 is 68.9 Å². The fraction of sp³-hybridized carbons (Fsp3) is 0.400. The molecule has 1 amide bonds. The predicted molar refractivity (Wildman–Crippen MR) is 99.6 cm³/mol. The summed E-state index contributed by atoms with van der Waals surface area (Å²) in [6, 6.07) is 10.9. The van der Waals surface area contributed by atoms with Crippen molar-refractivity contribution in [3.8, 4) is 10.4 Å². The zero-order chi connectivity index (χ0) is 15.8. The van der Waals surface area contributed by atoms with E-state index in [2.05, 4.69) is 30.3 Å². The first-order valence-electron chi connectivity index (χ1n) is 8.30. The zero-order valence-electron chi connectivity index (χ0n) is 15.4. The van der Waals surface area contributed by atoms with Crippen LogP contribution in [0.5, 0.6) is 0 Å². The van der Waals surface area contributed by atoms with E-state index >= 15 is 0 Å². The van der Waals surface area contributed by atoms with Crippen LogP contribution in [0.15, 0.2) is 30.3 Å². The third kappa shape index (κ3) is 4.63. The first kappa shape index (κ1) is 21.7. The van der Waals surface area contributed by atoms with Crippen molar-refractivity contribution in [1.29, 1.82) is 0 Å². The van der Waals surface area contributed by atoms with Crippen molar-refractivity contribution >= 4 is 17.2 Å². The van der Waals surface area contributed by atoms with Crippen molar-refractivity contribution in [2.45, 2.75) is 25.7 Å². The van der Waals surface area contributed by atoms with Crippen LogP contribution in [0.3, 0.4) is 0 Å². The third-order valence-electron chi connectivity index (χ3n) is 4.81. The second-order valence-electron chi connectivity index (χ2n) is 6.48.